The Morgan fingerprint density at radius 3 is 2.24 bits per heavy atom. The Bertz CT molecular complexity index is 734. The fraction of sp³-hybridized carbons (Fsp3) is 0.444. The third-order valence-corrected chi connectivity index (χ3v) is 4.54. The zero-order valence-electron chi connectivity index (χ0n) is 14.3. The highest BCUT2D eigenvalue weighted by Crippen LogP contribution is 2.32. The summed E-state index contributed by atoms with van der Waals surface area (Å²) in [4.78, 5) is 50.4. The lowest BCUT2D eigenvalue weighted by Gasteiger charge is -2.27. The standard InChI is InChI=1S/C18H19NO6/c1-4-12(16(22)25-13-17(23)24-9-18(13,2)3)19-14(20)10-7-5-6-8-11(10)15(19)21/h5-8,12-13H,4,9H2,1-3H3/t12-,13-/m0/s1. The Morgan fingerprint density at radius 1 is 1.24 bits per heavy atom. The number of esters is 2. The van der Waals surface area contributed by atoms with Gasteiger partial charge in [0.25, 0.3) is 11.8 Å². The highest BCUT2D eigenvalue weighted by atomic mass is 16.6. The Labute approximate surface area is 144 Å². The van der Waals surface area contributed by atoms with E-state index in [2.05, 4.69) is 0 Å². The SMILES string of the molecule is CC[C@@H](C(=O)O[C@H]1C(=O)OCC1(C)C)N1C(=O)c2ccccc2C1=O. The first-order valence-electron chi connectivity index (χ1n) is 8.12. The first-order valence-corrected chi connectivity index (χ1v) is 8.12. The van der Waals surface area contributed by atoms with E-state index in [4.69, 9.17) is 9.47 Å². The van der Waals surface area contributed by atoms with Crippen LogP contribution in [0.25, 0.3) is 0 Å². The van der Waals surface area contributed by atoms with Gasteiger partial charge in [0.15, 0.2) is 0 Å². The number of carbonyl (C=O) groups is 4. The molecule has 0 bridgehead atoms. The van der Waals surface area contributed by atoms with Gasteiger partial charge in [-0.3, -0.25) is 14.5 Å². The van der Waals surface area contributed by atoms with E-state index in [-0.39, 0.29) is 24.2 Å². The molecule has 0 aliphatic carbocycles. The van der Waals surface area contributed by atoms with Gasteiger partial charge in [-0.1, -0.05) is 32.9 Å². The maximum Gasteiger partial charge on any atom is 0.348 e. The molecule has 0 unspecified atom stereocenters. The van der Waals surface area contributed by atoms with Gasteiger partial charge in [-0.05, 0) is 18.6 Å². The van der Waals surface area contributed by atoms with Crippen LogP contribution in [0.15, 0.2) is 24.3 Å². The van der Waals surface area contributed by atoms with E-state index in [0.717, 1.165) is 4.90 Å². The summed E-state index contributed by atoms with van der Waals surface area (Å²) in [5.41, 5.74) is -0.133. The molecule has 0 N–H and O–H groups in total. The molecule has 0 spiro atoms. The van der Waals surface area contributed by atoms with Crippen LogP contribution >= 0.6 is 0 Å². The number of hydrogen-bond acceptors (Lipinski definition) is 6. The molecule has 0 aromatic heterocycles. The van der Waals surface area contributed by atoms with E-state index in [0.29, 0.717) is 0 Å². The van der Waals surface area contributed by atoms with E-state index in [9.17, 15) is 19.2 Å². The number of ether oxygens (including phenoxy) is 2. The van der Waals surface area contributed by atoms with Gasteiger partial charge in [-0.15, -0.1) is 0 Å². The molecule has 25 heavy (non-hydrogen) atoms. The van der Waals surface area contributed by atoms with Crippen molar-refractivity contribution in [1.29, 1.82) is 0 Å². The van der Waals surface area contributed by atoms with Crippen LogP contribution in [0, 0.1) is 5.41 Å². The molecule has 3 rings (SSSR count). The number of nitrogens with zero attached hydrogens (tertiary/aromatic N) is 1. The van der Waals surface area contributed by atoms with E-state index in [1.807, 2.05) is 0 Å². The smallest absolute Gasteiger partial charge is 0.348 e. The van der Waals surface area contributed by atoms with Gasteiger partial charge in [0, 0.05) is 5.41 Å². The summed E-state index contributed by atoms with van der Waals surface area (Å²) in [6.45, 7) is 5.32. The second-order valence-corrected chi connectivity index (χ2v) is 6.86. The predicted octanol–water partition coefficient (Wildman–Crippen LogP) is 1.56. The third kappa shape index (κ3) is 2.69. The minimum Gasteiger partial charge on any atom is -0.462 e. The van der Waals surface area contributed by atoms with Gasteiger partial charge in [0.1, 0.15) is 12.6 Å². The molecule has 7 heteroatoms. The fourth-order valence-electron chi connectivity index (χ4n) is 3.08. The van der Waals surface area contributed by atoms with Crippen molar-refractivity contribution >= 4 is 23.8 Å². The molecule has 7 nitrogen and oxygen atoms in total. The Balaban J connectivity index is 1.84. The van der Waals surface area contributed by atoms with Gasteiger partial charge < -0.3 is 9.47 Å². The number of fused-ring (bicyclic) bond motifs is 1. The van der Waals surface area contributed by atoms with Crippen LogP contribution in [-0.2, 0) is 19.1 Å². The van der Waals surface area contributed by atoms with Crippen LogP contribution in [0.3, 0.4) is 0 Å². The first-order chi connectivity index (χ1) is 11.8. The summed E-state index contributed by atoms with van der Waals surface area (Å²) >= 11 is 0. The second-order valence-electron chi connectivity index (χ2n) is 6.86. The number of carbonyl (C=O) groups excluding carboxylic acids is 4. The van der Waals surface area contributed by atoms with Crippen LogP contribution in [-0.4, -0.2) is 47.4 Å². The van der Waals surface area contributed by atoms with Crippen molar-refractivity contribution in [3.8, 4) is 0 Å². The normalized spacial score (nSPS) is 22.6. The molecular weight excluding hydrogens is 326 g/mol. The summed E-state index contributed by atoms with van der Waals surface area (Å²) in [6.07, 6.45) is -0.865. The van der Waals surface area contributed by atoms with E-state index < -0.39 is 41.3 Å². The summed E-state index contributed by atoms with van der Waals surface area (Å²) in [6, 6.07) is 5.32. The summed E-state index contributed by atoms with van der Waals surface area (Å²) < 4.78 is 10.3. The van der Waals surface area contributed by atoms with Crippen LogP contribution in [0.4, 0.5) is 0 Å². The topological polar surface area (TPSA) is 90.0 Å². The van der Waals surface area contributed by atoms with E-state index >= 15 is 0 Å². The van der Waals surface area contributed by atoms with Crippen molar-refractivity contribution in [3.05, 3.63) is 35.4 Å². The van der Waals surface area contributed by atoms with Crippen LogP contribution in [0.1, 0.15) is 47.9 Å². The minimum atomic E-state index is -1.09. The molecular formula is C18H19NO6. The number of rotatable bonds is 4. The molecule has 132 valence electrons. The molecule has 2 heterocycles. The molecule has 1 saturated heterocycles. The van der Waals surface area contributed by atoms with Crippen molar-refractivity contribution in [3.63, 3.8) is 0 Å². The summed E-state index contributed by atoms with van der Waals surface area (Å²) in [7, 11) is 0. The van der Waals surface area contributed by atoms with Crippen molar-refractivity contribution < 1.29 is 28.7 Å². The molecule has 2 aliphatic heterocycles. The van der Waals surface area contributed by atoms with E-state index in [1.54, 1.807) is 45.0 Å². The van der Waals surface area contributed by atoms with Gasteiger partial charge >= 0.3 is 11.9 Å². The van der Waals surface area contributed by atoms with Crippen LogP contribution < -0.4 is 0 Å². The van der Waals surface area contributed by atoms with Crippen molar-refractivity contribution in [2.24, 2.45) is 5.41 Å². The molecule has 2 aliphatic rings. The average Bonchev–Trinajstić information content (AvgIpc) is 2.98. The number of cyclic esters (lactones) is 1. The van der Waals surface area contributed by atoms with Gasteiger partial charge in [0.05, 0.1) is 11.1 Å². The van der Waals surface area contributed by atoms with Gasteiger partial charge in [0.2, 0.25) is 6.10 Å². The molecule has 1 fully saturated rings. The number of hydrogen-bond donors (Lipinski definition) is 0. The lowest BCUT2D eigenvalue weighted by molar-refractivity contribution is -0.166. The largest absolute Gasteiger partial charge is 0.462 e. The molecule has 2 amide bonds. The highest BCUT2D eigenvalue weighted by molar-refractivity contribution is 6.22. The van der Waals surface area contributed by atoms with E-state index in [1.165, 1.54) is 0 Å². The zero-order chi connectivity index (χ0) is 18.4. The maximum atomic E-state index is 12.6. The minimum absolute atomic E-state index is 0.146. The predicted molar refractivity (Wildman–Crippen MR) is 85.6 cm³/mol. The van der Waals surface area contributed by atoms with Crippen molar-refractivity contribution in [1.82, 2.24) is 4.90 Å². The molecule has 0 saturated carbocycles. The summed E-state index contributed by atoms with van der Waals surface area (Å²) in [5.74, 6) is -2.46. The number of amides is 2. The lowest BCUT2D eigenvalue weighted by Crippen LogP contribution is -2.48. The Hall–Kier alpha value is -2.70. The third-order valence-electron chi connectivity index (χ3n) is 4.54. The van der Waals surface area contributed by atoms with Gasteiger partial charge in [-0.2, -0.15) is 0 Å². The van der Waals surface area contributed by atoms with Crippen molar-refractivity contribution in [2.75, 3.05) is 6.61 Å². The highest BCUT2D eigenvalue weighted by Gasteiger charge is 2.49. The quantitative estimate of drug-likeness (QED) is 0.608. The number of imide groups is 1. The Morgan fingerprint density at radius 2 is 1.80 bits per heavy atom. The molecule has 2 atom stereocenters. The summed E-state index contributed by atoms with van der Waals surface area (Å²) in [5, 5.41) is 0. The van der Waals surface area contributed by atoms with Crippen LogP contribution in [0.2, 0.25) is 0 Å². The lowest BCUT2D eigenvalue weighted by atomic mass is 9.90. The zero-order valence-corrected chi connectivity index (χ0v) is 14.3. The second kappa shape index (κ2) is 5.98. The molecule has 1 aromatic carbocycles. The van der Waals surface area contributed by atoms with Crippen LogP contribution in [0.5, 0.6) is 0 Å². The maximum absolute atomic E-state index is 12.6. The van der Waals surface area contributed by atoms with Gasteiger partial charge in [-0.25, -0.2) is 9.59 Å². The fourth-order valence-corrected chi connectivity index (χ4v) is 3.08. The first kappa shape index (κ1) is 17.1. The van der Waals surface area contributed by atoms with Crippen molar-refractivity contribution in [2.45, 2.75) is 39.3 Å². The monoisotopic (exact) mass is 345 g/mol. The molecule has 1 aromatic rings. The average molecular weight is 345 g/mol. The Kier molecular flexibility index (Phi) is 4.10. The number of benzene rings is 1. The molecule has 0 radical (unpaired) electrons.